The first-order chi connectivity index (χ1) is 25.6. The summed E-state index contributed by atoms with van der Waals surface area (Å²) in [6, 6.07) is 58.4. The number of nitrogens with zero attached hydrogens (tertiary/aromatic N) is 1. The first-order valence-corrected chi connectivity index (χ1v) is 17.9. The van der Waals surface area contributed by atoms with Gasteiger partial charge in [-0.3, -0.25) is 0 Å². The van der Waals surface area contributed by atoms with Gasteiger partial charge in [0.25, 0.3) is 0 Å². The fourth-order valence-electron chi connectivity index (χ4n) is 8.96. The third kappa shape index (κ3) is 3.96. The Morgan fingerprint density at radius 1 is 0.462 bits per heavy atom. The van der Waals surface area contributed by atoms with Crippen molar-refractivity contribution in [3.05, 3.63) is 175 Å². The van der Waals surface area contributed by atoms with E-state index in [-0.39, 0.29) is 5.41 Å². The molecule has 0 spiro atoms. The van der Waals surface area contributed by atoms with Crippen molar-refractivity contribution < 1.29 is 8.83 Å². The maximum atomic E-state index is 7.08. The third-order valence-electron chi connectivity index (χ3n) is 11.2. The molecule has 2 heterocycles. The van der Waals surface area contributed by atoms with E-state index < -0.39 is 0 Å². The van der Waals surface area contributed by atoms with Gasteiger partial charge in [-0.15, -0.1) is 0 Å². The van der Waals surface area contributed by atoms with E-state index in [4.69, 9.17) is 8.83 Å². The zero-order valence-corrected chi connectivity index (χ0v) is 28.9. The van der Waals surface area contributed by atoms with Crippen LogP contribution in [0.25, 0.3) is 76.9 Å². The van der Waals surface area contributed by atoms with Crippen molar-refractivity contribution >= 4 is 71.7 Å². The van der Waals surface area contributed by atoms with E-state index in [0.717, 1.165) is 72.1 Å². The number of anilines is 3. The van der Waals surface area contributed by atoms with E-state index in [2.05, 4.69) is 170 Å². The summed E-state index contributed by atoms with van der Waals surface area (Å²) in [5, 5.41) is 6.97. The predicted molar refractivity (Wildman–Crippen MR) is 216 cm³/mol. The lowest BCUT2D eigenvalue weighted by molar-refractivity contribution is 0.657. The molecule has 3 heteroatoms. The molecule has 0 radical (unpaired) electrons. The van der Waals surface area contributed by atoms with Crippen LogP contribution in [0, 0.1) is 0 Å². The highest BCUT2D eigenvalue weighted by Crippen LogP contribution is 2.59. The van der Waals surface area contributed by atoms with E-state index in [9.17, 15) is 0 Å². The normalized spacial score (nSPS) is 13.3. The first kappa shape index (κ1) is 29.2. The quantitative estimate of drug-likeness (QED) is 0.187. The Labute approximate surface area is 301 Å². The minimum atomic E-state index is -0.269. The Hall–Kier alpha value is -6.58. The lowest BCUT2D eigenvalue weighted by Crippen LogP contribution is -2.16. The summed E-state index contributed by atoms with van der Waals surface area (Å²) in [6.45, 7) is 4.73. The topological polar surface area (TPSA) is 29.5 Å². The number of hydrogen-bond donors (Lipinski definition) is 0. The maximum Gasteiger partial charge on any atom is 0.144 e. The second-order valence-corrected chi connectivity index (χ2v) is 14.4. The lowest BCUT2D eigenvalue weighted by Gasteiger charge is -2.28. The number of benzene rings is 8. The van der Waals surface area contributed by atoms with Gasteiger partial charge < -0.3 is 13.7 Å². The van der Waals surface area contributed by atoms with Crippen molar-refractivity contribution in [2.75, 3.05) is 4.90 Å². The van der Waals surface area contributed by atoms with E-state index in [1.165, 1.54) is 33.0 Å². The molecular formula is C49H33NO2. The Morgan fingerprint density at radius 3 is 1.85 bits per heavy atom. The smallest absolute Gasteiger partial charge is 0.144 e. The van der Waals surface area contributed by atoms with Crippen LogP contribution in [-0.2, 0) is 5.41 Å². The molecule has 0 unspecified atom stereocenters. The molecule has 10 aromatic rings. The van der Waals surface area contributed by atoms with E-state index >= 15 is 0 Å². The Morgan fingerprint density at radius 2 is 1.08 bits per heavy atom. The molecule has 246 valence electrons. The summed E-state index contributed by atoms with van der Waals surface area (Å²) >= 11 is 0. The monoisotopic (exact) mass is 667 g/mol. The van der Waals surface area contributed by atoms with E-state index in [1.807, 2.05) is 12.1 Å². The number of furan rings is 2. The van der Waals surface area contributed by atoms with Crippen molar-refractivity contribution in [1.29, 1.82) is 0 Å². The minimum Gasteiger partial charge on any atom is -0.455 e. The van der Waals surface area contributed by atoms with E-state index in [0.29, 0.717) is 0 Å². The van der Waals surface area contributed by atoms with Crippen LogP contribution in [0.15, 0.2) is 173 Å². The van der Waals surface area contributed by atoms with Gasteiger partial charge in [0.15, 0.2) is 0 Å². The van der Waals surface area contributed by atoms with Gasteiger partial charge in [-0.25, -0.2) is 0 Å². The summed E-state index contributed by atoms with van der Waals surface area (Å²) in [7, 11) is 0. The molecule has 0 N–H and O–H groups in total. The van der Waals surface area contributed by atoms with Crippen molar-refractivity contribution in [3.63, 3.8) is 0 Å². The zero-order valence-electron chi connectivity index (χ0n) is 28.9. The summed E-state index contributed by atoms with van der Waals surface area (Å²) in [4.78, 5) is 2.39. The van der Waals surface area contributed by atoms with Crippen LogP contribution in [0.5, 0.6) is 0 Å². The lowest BCUT2D eigenvalue weighted by atomic mass is 9.79. The van der Waals surface area contributed by atoms with E-state index in [1.54, 1.807) is 0 Å². The molecule has 0 saturated carbocycles. The van der Waals surface area contributed by atoms with Gasteiger partial charge in [0, 0.05) is 55.0 Å². The van der Waals surface area contributed by atoms with Crippen LogP contribution in [0.1, 0.15) is 25.0 Å². The number of rotatable bonds is 4. The Kier molecular flexibility index (Phi) is 6.01. The second-order valence-electron chi connectivity index (χ2n) is 14.4. The summed E-state index contributed by atoms with van der Waals surface area (Å²) in [6.07, 6.45) is 0. The maximum absolute atomic E-state index is 7.08. The molecule has 2 aromatic heterocycles. The van der Waals surface area contributed by atoms with Gasteiger partial charge in [0.2, 0.25) is 0 Å². The predicted octanol–water partition coefficient (Wildman–Crippen LogP) is 14.1. The molecule has 0 fully saturated rings. The van der Waals surface area contributed by atoms with Crippen molar-refractivity contribution in [2.45, 2.75) is 19.3 Å². The molecule has 11 rings (SSSR count). The third-order valence-corrected chi connectivity index (χ3v) is 11.2. The molecule has 1 aliphatic carbocycles. The average Bonchev–Trinajstić information content (AvgIpc) is 3.84. The van der Waals surface area contributed by atoms with Gasteiger partial charge in [0.05, 0.1) is 5.69 Å². The van der Waals surface area contributed by atoms with Crippen molar-refractivity contribution in [1.82, 2.24) is 0 Å². The second kappa shape index (κ2) is 10.7. The van der Waals surface area contributed by atoms with Crippen molar-refractivity contribution in [2.24, 2.45) is 0 Å². The molecule has 0 atom stereocenters. The standard InChI is InChI=1S/C49H33NO2/c1-49(2)39-24-14-25-40(50(31-15-5-3-6-16-31)32-17-7-4-8-18-32)44(39)45-46(49)36-21-10-9-20-35(36)43-38-29-30(27-28-42(38)52-48(43)45)33-22-13-23-37-34-19-11-12-26-41(34)51-47(33)37/h3-29H,1-2H3. The van der Waals surface area contributed by atoms with Crippen LogP contribution >= 0.6 is 0 Å². The molecule has 8 aromatic carbocycles. The highest BCUT2D eigenvalue weighted by Gasteiger charge is 2.42. The molecule has 0 amide bonds. The van der Waals surface area contributed by atoms with Gasteiger partial charge in [-0.2, -0.15) is 0 Å². The van der Waals surface area contributed by atoms with Gasteiger partial charge in [0.1, 0.15) is 22.3 Å². The molecule has 52 heavy (non-hydrogen) atoms. The zero-order chi connectivity index (χ0) is 34.6. The molecule has 0 aliphatic heterocycles. The fraction of sp³-hybridized carbons (Fsp3) is 0.0612. The minimum absolute atomic E-state index is 0.269. The summed E-state index contributed by atoms with van der Waals surface area (Å²) in [5.41, 5.74) is 13.9. The summed E-state index contributed by atoms with van der Waals surface area (Å²) in [5.74, 6) is 0. The fourth-order valence-corrected chi connectivity index (χ4v) is 8.96. The van der Waals surface area contributed by atoms with Crippen LogP contribution < -0.4 is 4.90 Å². The number of para-hydroxylation sites is 4. The van der Waals surface area contributed by atoms with Crippen LogP contribution in [-0.4, -0.2) is 0 Å². The molecule has 3 nitrogen and oxygen atoms in total. The highest BCUT2D eigenvalue weighted by molar-refractivity contribution is 6.26. The van der Waals surface area contributed by atoms with Gasteiger partial charge in [-0.1, -0.05) is 129 Å². The molecular weight excluding hydrogens is 635 g/mol. The SMILES string of the molecule is CC1(C)c2cccc(N(c3ccccc3)c3ccccc3)c2-c2c1c1ccccc1c1c2oc2ccc(-c3cccc4c3oc3ccccc34)cc21. The van der Waals surface area contributed by atoms with Crippen molar-refractivity contribution in [3.8, 4) is 22.3 Å². The van der Waals surface area contributed by atoms with Crippen LogP contribution in [0.2, 0.25) is 0 Å². The molecule has 1 aliphatic rings. The van der Waals surface area contributed by atoms with Crippen LogP contribution in [0.3, 0.4) is 0 Å². The molecule has 0 saturated heterocycles. The molecule has 0 bridgehead atoms. The van der Waals surface area contributed by atoms with Gasteiger partial charge >= 0.3 is 0 Å². The van der Waals surface area contributed by atoms with Crippen LogP contribution in [0.4, 0.5) is 17.1 Å². The highest BCUT2D eigenvalue weighted by atomic mass is 16.3. The first-order valence-electron chi connectivity index (χ1n) is 17.9. The number of fused-ring (bicyclic) bond motifs is 13. The largest absolute Gasteiger partial charge is 0.455 e. The van der Waals surface area contributed by atoms with Gasteiger partial charge in [-0.05, 0) is 76.0 Å². The average molecular weight is 668 g/mol. The number of hydrogen-bond acceptors (Lipinski definition) is 3. The summed E-state index contributed by atoms with van der Waals surface area (Å²) < 4.78 is 13.6. The Bertz CT molecular complexity index is 3000. The Balaban J connectivity index is 1.23.